The van der Waals surface area contributed by atoms with Gasteiger partial charge in [0.25, 0.3) is 0 Å². The summed E-state index contributed by atoms with van der Waals surface area (Å²) < 4.78 is 0. The summed E-state index contributed by atoms with van der Waals surface area (Å²) in [6.07, 6.45) is 3.25. The molecular weight excluding hydrogens is 254 g/mol. The summed E-state index contributed by atoms with van der Waals surface area (Å²) in [5, 5.41) is 3.00. The van der Waals surface area contributed by atoms with Crippen molar-refractivity contribution in [1.29, 1.82) is 0 Å². The van der Waals surface area contributed by atoms with Crippen LogP contribution in [0.4, 0.5) is 0 Å². The predicted molar refractivity (Wildman–Crippen MR) is 80.1 cm³/mol. The van der Waals surface area contributed by atoms with Crippen molar-refractivity contribution >= 4 is 11.8 Å². The minimum atomic E-state index is -0.408. The molecule has 0 spiro atoms. The van der Waals surface area contributed by atoms with Crippen LogP contribution >= 0.6 is 0 Å². The maximum atomic E-state index is 12.2. The minimum absolute atomic E-state index is 0.0625. The highest BCUT2D eigenvalue weighted by Crippen LogP contribution is 2.21. The zero-order valence-corrected chi connectivity index (χ0v) is 13.2. The zero-order chi connectivity index (χ0) is 15.3. The molecule has 0 bridgehead atoms. The molecule has 1 unspecified atom stereocenters. The fraction of sp³-hybridized carbons (Fsp3) is 0.867. The Balaban J connectivity index is 2.39. The van der Waals surface area contributed by atoms with Crippen molar-refractivity contribution in [3.63, 3.8) is 0 Å². The van der Waals surface area contributed by atoms with Gasteiger partial charge in [-0.3, -0.25) is 9.59 Å². The van der Waals surface area contributed by atoms with Crippen molar-refractivity contribution in [2.24, 2.45) is 11.1 Å². The Hall–Kier alpha value is -1.10. The SMILES string of the molecule is CCCC(N)C(=O)NC1CCN(C(=O)C(C)(C)C)CC1. The molecule has 1 aliphatic rings. The van der Waals surface area contributed by atoms with Crippen LogP contribution in [0, 0.1) is 5.41 Å². The molecule has 5 heteroatoms. The van der Waals surface area contributed by atoms with E-state index in [2.05, 4.69) is 5.32 Å². The Morgan fingerprint density at radius 3 is 2.30 bits per heavy atom. The van der Waals surface area contributed by atoms with Gasteiger partial charge >= 0.3 is 0 Å². The van der Waals surface area contributed by atoms with E-state index in [4.69, 9.17) is 5.73 Å². The number of nitrogens with one attached hydrogen (secondary N) is 1. The number of hydrogen-bond donors (Lipinski definition) is 2. The third kappa shape index (κ3) is 4.78. The van der Waals surface area contributed by atoms with Gasteiger partial charge in [0, 0.05) is 24.5 Å². The summed E-state index contributed by atoms with van der Waals surface area (Å²) in [7, 11) is 0. The standard InChI is InChI=1S/C15H29N3O2/c1-5-6-12(16)13(19)17-11-7-9-18(10-8-11)14(20)15(2,3)4/h11-12H,5-10,16H2,1-4H3,(H,17,19). The molecule has 116 valence electrons. The number of amides is 2. The van der Waals surface area contributed by atoms with Gasteiger partial charge in [-0.15, -0.1) is 0 Å². The maximum Gasteiger partial charge on any atom is 0.237 e. The largest absolute Gasteiger partial charge is 0.352 e. The van der Waals surface area contributed by atoms with Crippen molar-refractivity contribution in [1.82, 2.24) is 10.2 Å². The number of likely N-dealkylation sites (tertiary alicyclic amines) is 1. The normalized spacial score (nSPS) is 18.8. The van der Waals surface area contributed by atoms with Crippen LogP contribution in [0.25, 0.3) is 0 Å². The zero-order valence-electron chi connectivity index (χ0n) is 13.2. The Bertz CT molecular complexity index is 342. The lowest BCUT2D eigenvalue weighted by Gasteiger charge is -2.36. The highest BCUT2D eigenvalue weighted by atomic mass is 16.2. The molecule has 1 heterocycles. The van der Waals surface area contributed by atoms with Gasteiger partial charge in [-0.25, -0.2) is 0 Å². The number of hydrogen-bond acceptors (Lipinski definition) is 3. The average Bonchev–Trinajstić information content (AvgIpc) is 2.38. The molecule has 0 radical (unpaired) electrons. The number of piperidine rings is 1. The molecule has 20 heavy (non-hydrogen) atoms. The van der Waals surface area contributed by atoms with Gasteiger partial charge in [-0.05, 0) is 19.3 Å². The van der Waals surface area contributed by atoms with E-state index in [1.165, 1.54) is 0 Å². The number of rotatable bonds is 4. The van der Waals surface area contributed by atoms with Gasteiger partial charge in [0.1, 0.15) is 0 Å². The van der Waals surface area contributed by atoms with E-state index >= 15 is 0 Å². The summed E-state index contributed by atoms with van der Waals surface area (Å²) in [5.74, 6) is 0.123. The maximum absolute atomic E-state index is 12.2. The predicted octanol–water partition coefficient (Wildman–Crippen LogP) is 1.27. The first kappa shape index (κ1) is 17.0. The smallest absolute Gasteiger partial charge is 0.237 e. The number of nitrogens with two attached hydrogens (primary N) is 1. The van der Waals surface area contributed by atoms with E-state index < -0.39 is 6.04 Å². The average molecular weight is 283 g/mol. The van der Waals surface area contributed by atoms with E-state index in [9.17, 15) is 9.59 Å². The molecule has 1 fully saturated rings. The Kier molecular flexibility index (Phi) is 5.99. The summed E-state index contributed by atoms with van der Waals surface area (Å²) in [6.45, 7) is 9.25. The lowest BCUT2D eigenvalue weighted by atomic mass is 9.93. The van der Waals surface area contributed by atoms with E-state index in [1.807, 2.05) is 32.6 Å². The van der Waals surface area contributed by atoms with Crippen LogP contribution in [0.5, 0.6) is 0 Å². The van der Waals surface area contributed by atoms with E-state index in [-0.39, 0.29) is 23.3 Å². The van der Waals surface area contributed by atoms with Crippen LogP contribution in [0.1, 0.15) is 53.4 Å². The second-order valence-electron chi connectivity index (χ2n) is 6.72. The first-order valence-corrected chi connectivity index (χ1v) is 7.61. The molecule has 1 rings (SSSR count). The van der Waals surface area contributed by atoms with Crippen molar-refractivity contribution in [2.45, 2.75) is 65.5 Å². The van der Waals surface area contributed by atoms with Gasteiger partial charge < -0.3 is 16.0 Å². The van der Waals surface area contributed by atoms with Gasteiger partial charge in [-0.1, -0.05) is 34.1 Å². The molecule has 0 aromatic heterocycles. The first-order valence-electron chi connectivity index (χ1n) is 7.61. The van der Waals surface area contributed by atoms with Crippen LogP contribution < -0.4 is 11.1 Å². The Labute approximate surface area is 122 Å². The lowest BCUT2D eigenvalue weighted by molar-refractivity contribution is -0.140. The molecule has 3 N–H and O–H groups in total. The molecule has 1 aliphatic heterocycles. The third-order valence-corrected chi connectivity index (χ3v) is 3.71. The molecule has 5 nitrogen and oxygen atoms in total. The van der Waals surface area contributed by atoms with Crippen LogP contribution in [0.15, 0.2) is 0 Å². The Morgan fingerprint density at radius 2 is 1.85 bits per heavy atom. The first-order chi connectivity index (χ1) is 9.25. The van der Waals surface area contributed by atoms with Gasteiger partial charge in [-0.2, -0.15) is 0 Å². The van der Waals surface area contributed by atoms with Crippen molar-refractivity contribution in [3.8, 4) is 0 Å². The molecule has 0 aromatic rings. The molecular formula is C15H29N3O2. The van der Waals surface area contributed by atoms with Crippen molar-refractivity contribution in [2.75, 3.05) is 13.1 Å². The van der Waals surface area contributed by atoms with Crippen molar-refractivity contribution < 1.29 is 9.59 Å². The third-order valence-electron chi connectivity index (χ3n) is 3.71. The fourth-order valence-electron chi connectivity index (χ4n) is 2.45. The van der Waals surface area contributed by atoms with Crippen LogP contribution in [0.3, 0.4) is 0 Å². The molecule has 0 saturated carbocycles. The lowest BCUT2D eigenvalue weighted by Crippen LogP contribution is -2.51. The van der Waals surface area contributed by atoms with Gasteiger partial charge in [0.05, 0.1) is 6.04 Å². The minimum Gasteiger partial charge on any atom is -0.352 e. The van der Waals surface area contributed by atoms with E-state index in [0.717, 1.165) is 19.3 Å². The summed E-state index contributed by atoms with van der Waals surface area (Å²) in [6, 6.07) is -0.260. The second kappa shape index (κ2) is 7.07. The molecule has 1 saturated heterocycles. The number of nitrogens with zero attached hydrogens (tertiary/aromatic N) is 1. The Morgan fingerprint density at radius 1 is 1.30 bits per heavy atom. The van der Waals surface area contributed by atoms with E-state index in [1.54, 1.807) is 0 Å². The summed E-state index contributed by atoms with van der Waals surface area (Å²) in [5.41, 5.74) is 5.47. The molecule has 0 aliphatic carbocycles. The van der Waals surface area contributed by atoms with Crippen LogP contribution in [-0.2, 0) is 9.59 Å². The quantitative estimate of drug-likeness (QED) is 0.816. The van der Waals surface area contributed by atoms with Gasteiger partial charge in [0.15, 0.2) is 0 Å². The molecule has 0 aromatic carbocycles. The molecule has 2 amide bonds. The summed E-state index contributed by atoms with van der Waals surface area (Å²) in [4.78, 5) is 25.9. The van der Waals surface area contributed by atoms with Crippen LogP contribution in [-0.4, -0.2) is 41.9 Å². The van der Waals surface area contributed by atoms with Crippen molar-refractivity contribution in [3.05, 3.63) is 0 Å². The van der Waals surface area contributed by atoms with Gasteiger partial charge in [0.2, 0.25) is 11.8 Å². The monoisotopic (exact) mass is 283 g/mol. The molecule has 1 atom stereocenters. The fourth-order valence-corrected chi connectivity index (χ4v) is 2.45. The van der Waals surface area contributed by atoms with Crippen LogP contribution in [0.2, 0.25) is 0 Å². The summed E-state index contributed by atoms with van der Waals surface area (Å²) >= 11 is 0. The topological polar surface area (TPSA) is 75.4 Å². The highest BCUT2D eigenvalue weighted by molar-refractivity contribution is 5.82. The number of carbonyl (C=O) groups is 2. The van der Waals surface area contributed by atoms with E-state index in [0.29, 0.717) is 19.5 Å². The highest BCUT2D eigenvalue weighted by Gasteiger charge is 2.31. The number of carbonyl (C=O) groups excluding carboxylic acids is 2. The second-order valence-corrected chi connectivity index (χ2v) is 6.72.